The predicted octanol–water partition coefficient (Wildman–Crippen LogP) is 3.36. The number of para-hydroxylation sites is 1. The first-order chi connectivity index (χ1) is 15.1. The summed E-state index contributed by atoms with van der Waals surface area (Å²) in [4.78, 5) is 28.5. The van der Waals surface area contributed by atoms with Gasteiger partial charge in [0.15, 0.2) is 0 Å². The first kappa shape index (κ1) is 20.6. The standard InChI is InChI=1S/C25H26N4O2/c26-24(30)20-10-12-22(13-11-20)27-25(31)21-8-6-19(7-9-21)18-28-14-16-29(17-15-28)23-4-2-1-3-5-23/h1-13H,14-18H2,(H2,26,30)(H,27,31). The number of primary amides is 1. The number of amides is 2. The summed E-state index contributed by atoms with van der Waals surface area (Å²) in [6, 6.07) is 24.8. The van der Waals surface area contributed by atoms with Crippen LogP contribution in [0.15, 0.2) is 78.9 Å². The zero-order chi connectivity index (χ0) is 21.6. The van der Waals surface area contributed by atoms with Gasteiger partial charge in [-0.15, -0.1) is 0 Å². The van der Waals surface area contributed by atoms with Gasteiger partial charge in [-0.25, -0.2) is 0 Å². The maximum Gasteiger partial charge on any atom is 0.255 e. The monoisotopic (exact) mass is 414 g/mol. The third-order valence-electron chi connectivity index (χ3n) is 5.54. The van der Waals surface area contributed by atoms with Crippen molar-refractivity contribution in [3.05, 3.63) is 95.6 Å². The molecule has 1 aliphatic heterocycles. The lowest BCUT2D eigenvalue weighted by Crippen LogP contribution is -2.45. The van der Waals surface area contributed by atoms with Gasteiger partial charge in [0.1, 0.15) is 0 Å². The van der Waals surface area contributed by atoms with Gasteiger partial charge in [0.25, 0.3) is 5.91 Å². The molecule has 0 unspecified atom stereocenters. The Kier molecular flexibility index (Phi) is 6.29. The van der Waals surface area contributed by atoms with E-state index in [9.17, 15) is 9.59 Å². The van der Waals surface area contributed by atoms with Crippen LogP contribution in [0.1, 0.15) is 26.3 Å². The number of nitrogens with zero attached hydrogens (tertiary/aromatic N) is 2. The number of hydrogen-bond acceptors (Lipinski definition) is 4. The van der Waals surface area contributed by atoms with Gasteiger partial charge in [-0.2, -0.15) is 0 Å². The van der Waals surface area contributed by atoms with Crippen LogP contribution in [-0.2, 0) is 6.54 Å². The number of nitrogens with one attached hydrogen (secondary N) is 1. The number of benzene rings is 3. The lowest BCUT2D eigenvalue weighted by atomic mass is 10.1. The number of hydrogen-bond donors (Lipinski definition) is 2. The summed E-state index contributed by atoms with van der Waals surface area (Å²) in [5.74, 6) is -0.676. The van der Waals surface area contributed by atoms with Gasteiger partial charge in [-0.1, -0.05) is 30.3 Å². The molecule has 0 spiro atoms. The largest absolute Gasteiger partial charge is 0.369 e. The first-order valence-electron chi connectivity index (χ1n) is 10.4. The van der Waals surface area contributed by atoms with Gasteiger partial charge in [0.2, 0.25) is 5.91 Å². The molecule has 0 radical (unpaired) electrons. The maximum absolute atomic E-state index is 12.5. The van der Waals surface area contributed by atoms with E-state index in [0.29, 0.717) is 16.8 Å². The Morgan fingerprint density at radius 3 is 2.00 bits per heavy atom. The van der Waals surface area contributed by atoms with Crippen LogP contribution >= 0.6 is 0 Å². The van der Waals surface area contributed by atoms with Gasteiger partial charge in [0, 0.05) is 55.2 Å². The van der Waals surface area contributed by atoms with Crippen LogP contribution in [0.5, 0.6) is 0 Å². The van der Waals surface area contributed by atoms with Crippen LogP contribution in [0.2, 0.25) is 0 Å². The molecule has 0 bridgehead atoms. The minimum absolute atomic E-state index is 0.185. The summed E-state index contributed by atoms with van der Waals surface area (Å²) in [5, 5.41) is 2.84. The van der Waals surface area contributed by atoms with E-state index in [1.165, 1.54) is 11.3 Å². The molecule has 0 aliphatic carbocycles. The summed E-state index contributed by atoms with van der Waals surface area (Å²) >= 11 is 0. The zero-order valence-corrected chi connectivity index (χ0v) is 17.3. The smallest absolute Gasteiger partial charge is 0.255 e. The van der Waals surface area contributed by atoms with Crippen molar-refractivity contribution in [3.63, 3.8) is 0 Å². The van der Waals surface area contributed by atoms with Crippen molar-refractivity contribution in [1.29, 1.82) is 0 Å². The zero-order valence-electron chi connectivity index (χ0n) is 17.3. The molecule has 6 heteroatoms. The summed E-state index contributed by atoms with van der Waals surface area (Å²) in [6.45, 7) is 4.92. The highest BCUT2D eigenvalue weighted by Gasteiger charge is 2.17. The van der Waals surface area contributed by atoms with E-state index < -0.39 is 5.91 Å². The SMILES string of the molecule is NC(=O)c1ccc(NC(=O)c2ccc(CN3CCN(c4ccccc4)CC3)cc2)cc1. The van der Waals surface area contributed by atoms with E-state index in [-0.39, 0.29) is 5.91 Å². The van der Waals surface area contributed by atoms with E-state index in [1.807, 2.05) is 30.3 Å². The van der Waals surface area contributed by atoms with Crippen molar-refractivity contribution < 1.29 is 9.59 Å². The molecule has 158 valence electrons. The van der Waals surface area contributed by atoms with Crippen LogP contribution in [-0.4, -0.2) is 42.9 Å². The minimum atomic E-state index is -0.491. The lowest BCUT2D eigenvalue weighted by molar-refractivity contribution is 0.0998. The van der Waals surface area contributed by atoms with Crippen molar-refractivity contribution >= 4 is 23.2 Å². The fourth-order valence-electron chi connectivity index (χ4n) is 3.74. The Bertz CT molecular complexity index is 1030. The summed E-state index contributed by atoms with van der Waals surface area (Å²) in [7, 11) is 0. The van der Waals surface area contributed by atoms with E-state index in [4.69, 9.17) is 5.73 Å². The Morgan fingerprint density at radius 2 is 1.39 bits per heavy atom. The molecule has 2 amide bonds. The second-order valence-corrected chi connectivity index (χ2v) is 7.69. The number of carbonyl (C=O) groups is 2. The van der Waals surface area contributed by atoms with Crippen molar-refractivity contribution in [1.82, 2.24) is 4.90 Å². The van der Waals surface area contributed by atoms with Gasteiger partial charge < -0.3 is 16.0 Å². The molecule has 4 rings (SSSR count). The van der Waals surface area contributed by atoms with Crippen molar-refractivity contribution in [3.8, 4) is 0 Å². The third-order valence-corrected chi connectivity index (χ3v) is 5.54. The van der Waals surface area contributed by atoms with Crippen LogP contribution in [0.3, 0.4) is 0 Å². The molecule has 1 fully saturated rings. The molecule has 3 aromatic rings. The van der Waals surface area contributed by atoms with Gasteiger partial charge >= 0.3 is 0 Å². The average Bonchev–Trinajstić information content (AvgIpc) is 2.81. The van der Waals surface area contributed by atoms with E-state index in [1.54, 1.807) is 24.3 Å². The fraction of sp³-hybridized carbons (Fsp3) is 0.200. The highest BCUT2D eigenvalue weighted by Crippen LogP contribution is 2.17. The predicted molar refractivity (Wildman–Crippen MR) is 123 cm³/mol. The molecule has 1 aliphatic rings. The molecule has 6 nitrogen and oxygen atoms in total. The third kappa shape index (κ3) is 5.29. The molecule has 0 atom stereocenters. The Hall–Kier alpha value is -3.64. The van der Waals surface area contributed by atoms with Crippen LogP contribution in [0.4, 0.5) is 11.4 Å². The van der Waals surface area contributed by atoms with Crippen molar-refractivity contribution in [2.45, 2.75) is 6.54 Å². The number of piperazine rings is 1. The van der Waals surface area contributed by atoms with E-state index in [0.717, 1.165) is 32.7 Å². The Balaban J connectivity index is 1.29. The fourth-order valence-corrected chi connectivity index (χ4v) is 3.74. The first-order valence-corrected chi connectivity index (χ1v) is 10.4. The summed E-state index contributed by atoms with van der Waals surface area (Å²) in [6.07, 6.45) is 0. The Labute approximate surface area is 182 Å². The highest BCUT2D eigenvalue weighted by molar-refractivity contribution is 6.04. The average molecular weight is 415 g/mol. The van der Waals surface area contributed by atoms with Crippen molar-refractivity contribution in [2.75, 3.05) is 36.4 Å². The minimum Gasteiger partial charge on any atom is -0.369 e. The van der Waals surface area contributed by atoms with E-state index >= 15 is 0 Å². The molecular weight excluding hydrogens is 388 g/mol. The topological polar surface area (TPSA) is 78.7 Å². The molecular formula is C25H26N4O2. The second-order valence-electron chi connectivity index (χ2n) is 7.69. The quantitative estimate of drug-likeness (QED) is 0.648. The van der Waals surface area contributed by atoms with Crippen molar-refractivity contribution in [2.24, 2.45) is 5.73 Å². The number of anilines is 2. The summed E-state index contributed by atoms with van der Waals surface area (Å²) < 4.78 is 0. The number of nitrogens with two attached hydrogens (primary N) is 1. The normalized spacial score (nSPS) is 14.3. The molecule has 1 saturated heterocycles. The van der Waals surface area contributed by atoms with Gasteiger partial charge in [-0.3, -0.25) is 14.5 Å². The molecule has 3 aromatic carbocycles. The van der Waals surface area contributed by atoms with Crippen LogP contribution in [0, 0.1) is 0 Å². The van der Waals surface area contributed by atoms with E-state index in [2.05, 4.69) is 39.4 Å². The second kappa shape index (κ2) is 9.45. The molecule has 0 saturated carbocycles. The highest BCUT2D eigenvalue weighted by atomic mass is 16.2. The van der Waals surface area contributed by atoms with Gasteiger partial charge in [0.05, 0.1) is 0 Å². The lowest BCUT2D eigenvalue weighted by Gasteiger charge is -2.36. The summed E-state index contributed by atoms with van der Waals surface area (Å²) in [5.41, 5.74) is 9.33. The molecule has 3 N–H and O–H groups in total. The Morgan fingerprint density at radius 1 is 0.774 bits per heavy atom. The van der Waals surface area contributed by atoms with Crippen LogP contribution < -0.4 is 16.0 Å². The molecule has 0 aromatic heterocycles. The van der Waals surface area contributed by atoms with Crippen LogP contribution in [0.25, 0.3) is 0 Å². The van der Waals surface area contributed by atoms with Gasteiger partial charge in [-0.05, 0) is 54.1 Å². The number of carbonyl (C=O) groups excluding carboxylic acids is 2. The molecule has 31 heavy (non-hydrogen) atoms. The molecule has 1 heterocycles. The maximum atomic E-state index is 12.5. The number of rotatable bonds is 6.